The number of hydrogen-bond donors (Lipinski definition) is 2. The van der Waals surface area contributed by atoms with Gasteiger partial charge in [-0.3, -0.25) is 4.79 Å². The Morgan fingerprint density at radius 1 is 1.60 bits per heavy atom. The molecule has 1 heterocycles. The van der Waals surface area contributed by atoms with Crippen LogP contribution in [-0.2, 0) is 11.3 Å². The molecule has 0 saturated carbocycles. The van der Waals surface area contributed by atoms with E-state index in [4.69, 9.17) is 16.5 Å². The molecule has 1 unspecified atom stereocenters. The molecule has 1 amide bonds. The summed E-state index contributed by atoms with van der Waals surface area (Å²) in [5.41, 5.74) is 1.68. The predicted molar refractivity (Wildman–Crippen MR) is 57.9 cm³/mol. The average Bonchev–Trinajstić information content (AvgIpc) is 2.21. The summed E-state index contributed by atoms with van der Waals surface area (Å²) in [5.74, 6) is 0.568. The maximum Gasteiger partial charge on any atom is 0.265 e. The second-order valence-corrected chi connectivity index (χ2v) is 3.66. The Morgan fingerprint density at radius 2 is 2.40 bits per heavy atom. The molecule has 0 bridgehead atoms. The Labute approximate surface area is 92.7 Å². The number of ether oxygens (including phenoxy) is 1. The Bertz CT molecular complexity index is 395. The third-order valence-electron chi connectivity index (χ3n) is 2.25. The van der Waals surface area contributed by atoms with Crippen molar-refractivity contribution in [2.45, 2.75) is 19.6 Å². The largest absolute Gasteiger partial charge is 0.479 e. The molecule has 1 aliphatic rings. The highest BCUT2D eigenvalue weighted by Crippen LogP contribution is 2.30. The molecule has 15 heavy (non-hydrogen) atoms. The molecule has 0 fully saturated rings. The van der Waals surface area contributed by atoms with Gasteiger partial charge in [0, 0.05) is 6.54 Å². The Balaban J connectivity index is 2.29. The maximum absolute atomic E-state index is 11.3. The fourth-order valence-corrected chi connectivity index (χ4v) is 1.60. The van der Waals surface area contributed by atoms with Crippen molar-refractivity contribution in [1.29, 1.82) is 0 Å². The van der Waals surface area contributed by atoms with Gasteiger partial charge in [0.25, 0.3) is 5.91 Å². The molecule has 5 heteroatoms. The maximum atomic E-state index is 11.3. The lowest BCUT2D eigenvalue weighted by atomic mass is 10.1. The van der Waals surface area contributed by atoms with Crippen molar-refractivity contribution < 1.29 is 9.53 Å². The number of halogens is 1. The van der Waals surface area contributed by atoms with Crippen molar-refractivity contribution >= 4 is 23.4 Å². The number of nitrogens with one attached hydrogen (secondary N) is 2. The summed E-state index contributed by atoms with van der Waals surface area (Å²) in [6, 6.07) is 5.57. The van der Waals surface area contributed by atoms with Gasteiger partial charge in [-0.2, -0.15) is 0 Å². The minimum atomic E-state index is -0.436. The van der Waals surface area contributed by atoms with Crippen LogP contribution in [-0.4, -0.2) is 12.0 Å². The number of anilines is 1. The smallest absolute Gasteiger partial charge is 0.265 e. The van der Waals surface area contributed by atoms with Crippen molar-refractivity contribution in [3.05, 3.63) is 23.8 Å². The molecule has 0 spiro atoms. The molecule has 1 aliphatic heterocycles. The SMILES string of the molecule is CC1Oc2ccc(CNCl)cc2NC1=O. The molecule has 1 aromatic rings. The van der Waals surface area contributed by atoms with Crippen LogP contribution in [0.5, 0.6) is 5.75 Å². The molecule has 0 saturated heterocycles. The Kier molecular flexibility index (Phi) is 2.79. The molecule has 80 valence electrons. The van der Waals surface area contributed by atoms with Gasteiger partial charge in [0.05, 0.1) is 5.69 Å². The second-order valence-electron chi connectivity index (χ2n) is 3.39. The fourth-order valence-electron chi connectivity index (χ4n) is 1.44. The molecule has 0 aliphatic carbocycles. The van der Waals surface area contributed by atoms with Gasteiger partial charge in [0.2, 0.25) is 0 Å². The molecule has 2 rings (SSSR count). The second kappa shape index (κ2) is 4.08. The lowest BCUT2D eigenvalue weighted by molar-refractivity contribution is -0.122. The monoisotopic (exact) mass is 226 g/mol. The first-order chi connectivity index (χ1) is 7.20. The van der Waals surface area contributed by atoms with Crippen LogP contribution in [0.3, 0.4) is 0 Å². The zero-order valence-electron chi connectivity index (χ0n) is 8.21. The molecule has 1 atom stereocenters. The van der Waals surface area contributed by atoms with Gasteiger partial charge in [-0.15, -0.1) is 0 Å². The molecule has 0 aromatic heterocycles. The summed E-state index contributed by atoms with van der Waals surface area (Å²) in [5, 5.41) is 2.77. The van der Waals surface area contributed by atoms with Crippen LogP contribution in [0, 0.1) is 0 Å². The molecule has 0 radical (unpaired) electrons. The zero-order chi connectivity index (χ0) is 10.8. The number of hydrogen-bond acceptors (Lipinski definition) is 3. The Hall–Kier alpha value is -1.26. The minimum Gasteiger partial charge on any atom is -0.479 e. The van der Waals surface area contributed by atoms with Crippen molar-refractivity contribution in [2.24, 2.45) is 0 Å². The van der Waals surface area contributed by atoms with E-state index in [-0.39, 0.29) is 5.91 Å². The summed E-state index contributed by atoms with van der Waals surface area (Å²) >= 11 is 5.40. The van der Waals surface area contributed by atoms with Crippen LogP contribution >= 0.6 is 11.8 Å². The summed E-state index contributed by atoms with van der Waals surface area (Å²) < 4.78 is 5.41. The predicted octanol–water partition coefficient (Wildman–Crippen LogP) is 1.65. The number of carbonyl (C=O) groups is 1. The zero-order valence-corrected chi connectivity index (χ0v) is 8.97. The lowest BCUT2D eigenvalue weighted by Crippen LogP contribution is -2.34. The van der Waals surface area contributed by atoms with E-state index in [1.807, 2.05) is 18.2 Å². The highest BCUT2D eigenvalue weighted by Gasteiger charge is 2.23. The number of amides is 1. The van der Waals surface area contributed by atoms with Crippen LogP contribution in [0.4, 0.5) is 5.69 Å². The summed E-state index contributed by atoms with van der Waals surface area (Å²) in [6.45, 7) is 2.26. The third-order valence-corrected chi connectivity index (χ3v) is 2.38. The first-order valence-corrected chi connectivity index (χ1v) is 5.02. The van der Waals surface area contributed by atoms with Crippen LogP contribution in [0.2, 0.25) is 0 Å². The summed E-state index contributed by atoms with van der Waals surface area (Å²) in [7, 11) is 0. The van der Waals surface area contributed by atoms with E-state index < -0.39 is 6.10 Å². The molecule has 1 aromatic carbocycles. The molecule has 2 N–H and O–H groups in total. The van der Waals surface area contributed by atoms with E-state index in [0.29, 0.717) is 18.0 Å². The van der Waals surface area contributed by atoms with Gasteiger partial charge < -0.3 is 10.1 Å². The van der Waals surface area contributed by atoms with Crippen molar-refractivity contribution in [2.75, 3.05) is 5.32 Å². The van der Waals surface area contributed by atoms with Gasteiger partial charge in [0.15, 0.2) is 6.10 Å². The molecular weight excluding hydrogens is 216 g/mol. The highest BCUT2D eigenvalue weighted by atomic mass is 35.5. The fraction of sp³-hybridized carbons (Fsp3) is 0.300. The van der Waals surface area contributed by atoms with Crippen LogP contribution < -0.4 is 14.9 Å². The number of carbonyl (C=O) groups excluding carboxylic acids is 1. The topological polar surface area (TPSA) is 50.4 Å². The van der Waals surface area contributed by atoms with E-state index in [9.17, 15) is 4.79 Å². The minimum absolute atomic E-state index is 0.126. The van der Waals surface area contributed by atoms with Crippen LogP contribution in [0.1, 0.15) is 12.5 Å². The van der Waals surface area contributed by atoms with Gasteiger partial charge in [0.1, 0.15) is 5.75 Å². The Morgan fingerprint density at radius 3 is 3.13 bits per heavy atom. The van der Waals surface area contributed by atoms with E-state index in [2.05, 4.69) is 10.2 Å². The first-order valence-electron chi connectivity index (χ1n) is 4.64. The van der Waals surface area contributed by atoms with Crippen molar-refractivity contribution in [3.8, 4) is 5.75 Å². The average molecular weight is 227 g/mol. The van der Waals surface area contributed by atoms with E-state index >= 15 is 0 Å². The van der Waals surface area contributed by atoms with E-state index in [1.54, 1.807) is 6.92 Å². The van der Waals surface area contributed by atoms with Gasteiger partial charge in [-0.1, -0.05) is 6.07 Å². The first kappa shape index (κ1) is 10.3. The van der Waals surface area contributed by atoms with Crippen molar-refractivity contribution in [3.63, 3.8) is 0 Å². The van der Waals surface area contributed by atoms with Crippen LogP contribution in [0.25, 0.3) is 0 Å². The summed E-state index contributed by atoms with van der Waals surface area (Å²) in [6.07, 6.45) is -0.436. The normalized spacial score (nSPS) is 19.1. The molecule has 4 nitrogen and oxygen atoms in total. The third kappa shape index (κ3) is 2.06. The number of benzene rings is 1. The van der Waals surface area contributed by atoms with Crippen molar-refractivity contribution in [1.82, 2.24) is 4.84 Å². The number of fused-ring (bicyclic) bond motifs is 1. The van der Waals surface area contributed by atoms with Crippen LogP contribution in [0.15, 0.2) is 18.2 Å². The van der Waals surface area contributed by atoms with E-state index in [1.165, 1.54) is 0 Å². The summed E-state index contributed by atoms with van der Waals surface area (Å²) in [4.78, 5) is 13.9. The number of rotatable bonds is 2. The highest BCUT2D eigenvalue weighted by molar-refractivity contribution is 6.13. The van der Waals surface area contributed by atoms with Gasteiger partial charge in [-0.25, -0.2) is 4.84 Å². The van der Waals surface area contributed by atoms with Gasteiger partial charge >= 0.3 is 0 Å². The quantitative estimate of drug-likeness (QED) is 0.754. The lowest BCUT2D eigenvalue weighted by Gasteiger charge is -2.23. The molecular formula is C10H11ClN2O2. The van der Waals surface area contributed by atoms with Gasteiger partial charge in [-0.05, 0) is 36.4 Å². The standard InChI is InChI=1S/C10H11ClN2O2/c1-6-10(14)13-8-4-7(5-12-11)2-3-9(8)15-6/h2-4,6,12H,5H2,1H3,(H,13,14). The van der Waals surface area contributed by atoms with E-state index in [0.717, 1.165) is 5.56 Å².